The smallest absolute Gasteiger partial charge is 0.224 e. The SMILES string of the molecule is CCCNc1ncc(F)c(NCc2ncccc2CC)n1. The Kier molecular flexibility index (Phi) is 5.43. The van der Waals surface area contributed by atoms with Gasteiger partial charge in [0.25, 0.3) is 0 Å². The minimum Gasteiger partial charge on any atom is -0.362 e. The van der Waals surface area contributed by atoms with Crippen LogP contribution in [-0.4, -0.2) is 21.5 Å². The molecule has 0 aliphatic heterocycles. The molecule has 0 bridgehead atoms. The zero-order valence-electron chi connectivity index (χ0n) is 12.4. The fourth-order valence-electron chi connectivity index (χ4n) is 1.93. The maximum absolute atomic E-state index is 13.7. The third kappa shape index (κ3) is 4.11. The summed E-state index contributed by atoms with van der Waals surface area (Å²) in [5.74, 6) is 0.153. The number of pyridine rings is 1. The molecule has 0 saturated heterocycles. The number of aryl methyl sites for hydroxylation is 1. The highest BCUT2D eigenvalue weighted by Gasteiger charge is 2.08. The van der Waals surface area contributed by atoms with Crippen LogP contribution in [0, 0.1) is 5.82 Å². The highest BCUT2D eigenvalue weighted by Crippen LogP contribution is 2.14. The molecule has 112 valence electrons. The maximum atomic E-state index is 13.7. The molecule has 0 saturated carbocycles. The van der Waals surface area contributed by atoms with Gasteiger partial charge in [0.2, 0.25) is 5.95 Å². The average Bonchev–Trinajstić information content (AvgIpc) is 2.53. The summed E-state index contributed by atoms with van der Waals surface area (Å²) in [6, 6.07) is 3.93. The van der Waals surface area contributed by atoms with Crippen molar-refractivity contribution in [3.63, 3.8) is 0 Å². The molecular formula is C15H20FN5. The summed E-state index contributed by atoms with van der Waals surface area (Å²) in [5.41, 5.74) is 2.05. The number of nitrogens with one attached hydrogen (secondary N) is 2. The Balaban J connectivity index is 2.08. The molecule has 0 fully saturated rings. The minimum atomic E-state index is -0.467. The molecule has 0 atom stereocenters. The zero-order chi connectivity index (χ0) is 15.1. The third-order valence-corrected chi connectivity index (χ3v) is 3.07. The van der Waals surface area contributed by atoms with Gasteiger partial charge < -0.3 is 10.6 Å². The summed E-state index contributed by atoms with van der Waals surface area (Å²) in [4.78, 5) is 12.4. The Labute approximate surface area is 124 Å². The number of aromatic nitrogens is 3. The molecule has 2 aromatic heterocycles. The fourth-order valence-corrected chi connectivity index (χ4v) is 1.93. The van der Waals surface area contributed by atoms with Gasteiger partial charge in [0, 0.05) is 12.7 Å². The standard InChI is InChI=1S/C15H20FN5/c1-3-7-18-15-20-9-12(16)14(21-15)19-10-13-11(4-2)6-5-8-17-13/h5-6,8-9H,3-4,7,10H2,1-2H3,(H2,18,19,20,21). The number of anilines is 2. The molecule has 5 nitrogen and oxygen atoms in total. The van der Waals surface area contributed by atoms with Crippen molar-refractivity contribution < 1.29 is 4.39 Å². The molecule has 0 spiro atoms. The summed E-state index contributed by atoms with van der Waals surface area (Å²) in [6.45, 7) is 5.30. The summed E-state index contributed by atoms with van der Waals surface area (Å²) in [7, 11) is 0. The number of rotatable bonds is 7. The Morgan fingerprint density at radius 1 is 1.19 bits per heavy atom. The summed E-state index contributed by atoms with van der Waals surface area (Å²) < 4.78 is 13.7. The lowest BCUT2D eigenvalue weighted by Crippen LogP contribution is -2.10. The minimum absolute atomic E-state index is 0.191. The lowest BCUT2D eigenvalue weighted by atomic mass is 10.1. The summed E-state index contributed by atoms with van der Waals surface area (Å²) >= 11 is 0. The van der Waals surface area contributed by atoms with Crippen LogP contribution in [-0.2, 0) is 13.0 Å². The van der Waals surface area contributed by atoms with E-state index in [1.54, 1.807) is 6.20 Å². The number of halogens is 1. The van der Waals surface area contributed by atoms with E-state index in [2.05, 4.69) is 32.5 Å². The summed E-state index contributed by atoms with van der Waals surface area (Å²) in [5, 5.41) is 6.03. The van der Waals surface area contributed by atoms with Gasteiger partial charge in [0.1, 0.15) is 0 Å². The second-order valence-electron chi connectivity index (χ2n) is 4.63. The average molecular weight is 289 g/mol. The van der Waals surface area contributed by atoms with Gasteiger partial charge in [0.05, 0.1) is 18.4 Å². The van der Waals surface area contributed by atoms with E-state index in [0.29, 0.717) is 12.5 Å². The molecule has 2 heterocycles. The van der Waals surface area contributed by atoms with Gasteiger partial charge in [-0.15, -0.1) is 0 Å². The van der Waals surface area contributed by atoms with Crippen LogP contribution in [0.2, 0.25) is 0 Å². The van der Waals surface area contributed by atoms with Crippen LogP contribution in [0.4, 0.5) is 16.2 Å². The van der Waals surface area contributed by atoms with Crippen molar-refractivity contribution in [3.8, 4) is 0 Å². The Morgan fingerprint density at radius 2 is 2.05 bits per heavy atom. The molecular weight excluding hydrogens is 269 g/mol. The Bertz CT molecular complexity index is 588. The molecule has 0 aromatic carbocycles. The molecule has 21 heavy (non-hydrogen) atoms. The largest absolute Gasteiger partial charge is 0.362 e. The van der Waals surface area contributed by atoms with Gasteiger partial charge in [0.15, 0.2) is 11.6 Å². The summed E-state index contributed by atoms with van der Waals surface area (Å²) in [6.07, 6.45) is 4.75. The molecule has 0 aliphatic carbocycles. The molecule has 2 aromatic rings. The second kappa shape index (κ2) is 7.52. The van der Waals surface area contributed by atoms with E-state index in [1.165, 1.54) is 6.20 Å². The van der Waals surface area contributed by atoms with Gasteiger partial charge in [-0.2, -0.15) is 4.98 Å². The second-order valence-corrected chi connectivity index (χ2v) is 4.63. The van der Waals surface area contributed by atoms with Crippen molar-refractivity contribution in [2.45, 2.75) is 33.2 Å². The normalized spacial score (nSPS) is 10.4. The van der Waals surface area contributed by atoms with Crippen molar-refractivity contribution in [1.29, 1.82) is 0 Å². The van der Waals surface area contributed by atoms with E-state index in [1.807, 2.05) is 19.1 Å². The van der Waals surface area contributed by atoms with Crippen molar-refractivity contribution >= 4 is 11.8 Å². The van der Waals surface area contributed by atoms with Crippen LogP contribution in [0.25, 0.3) is 0 Å². The Morgan fingerprint density at radius 3 is 2.81 bits per heavy atom. The fraction of sp³-hybridized carbons (Fsp3) is 0.400. The molecule has 2 rings (SSSR count). The first-order valence-corrected chi connectivity index (χ1v) is 7.17. The number of nitrogens with zero attached hydrogens (tertiary/aromatic N) is 3. The van der Waals surface area contributed by atoms with Crippen molar-refractivity contribution in [1.82, 2.24) is 15.0 Å². The van der Waals surface area contributed by atoms with Gasteiger partial charge in [-0.1, -0.05) is 19.9 Å². The van der Waals surface area contributed by atoms with Crippen LogP contribution in [0.3, 0.4) is 0 Å². The van der Waals surface area contributed by atoms with Crippen molar-refractivity contribution in [2.75, 3.05) is 17.2 Å². The van der Waals surface area contributed by atoms with Gasteiger partial charge in [-0.3, -0.25) is 4.98 Å². The highest BCUT2D eigenvalue weighted by molar-refractivity contribution is 5.41. The van der Waals surface area contributed by atoms with Crippen LogP contribution in [0.5, 0.6) is 0 Å². The van der Waals surface area contributed by atoms with Crippen molar-refractivity contribution in [2.24, 2.45) is 0 Å². The first-order chi connectivity index (χ1) is 10.2. The van der Waals surface area contributed by atoms with E-state index < -0.39 is 5.82 Å². The van der Waals surface area contributed by atoms with E-state index in [4.69, 9.17) is 0 Å². The van der Waals surface area contributed by atoms with E-state index in [9.17, 15) is 4.39 Å². The first kappa shape index (κ1) is 15.2. The molecule has 6 heteroatoms. The number of hydrogen-bond acceptors (Lipinski definition) is 5. The van der Waals surface area contributed by atoms with Crippen LogP contribution < -0.4 is 10.6 Å². The Hall–Kier alpha value is -2.24. The predicted octanol–water partition coefficient (Wildman–Crippen LogP) is 3.01. The lowest BCUT2D eigenvalue weighted by molar-refractivity contribution is 0.617. The molecule has 0 radical (unpaired) electrons. The monoisotopic (exact) mass is 289 g/mol. The maximum Gasteiger partial charge on any atom is 0.224 e. The third-order valence-electron chi connectivity index (χ3n) is 3.07. The molecule has 0 unspecified atom stereocenters. The van der Waals surface area contributed by atoms with E-state index >= 15 is 0 Å². The van der Waals surface area contributed by atoms with Crippen LogP contribution in [0.1, 0.15) is 31.5 Å². The van der Waals surface area contributed by atoms with Crippen LogP contribution >= 0.6 is 0 Å². The molecule has 0 amide bonds. The topological polar surface area (TPSA) is 62.7 Å². The van der Waals surface area contributed by atoms with E-state index in [-0.39, 0.29) is 5.82 Å². The highest BCUT2D eigenvalue weighted by atomic mass is 19.1. The van der Waals surface area contributed by atoms with Gasteiger partial charge >= 0.3 is 0 Å². The van der Waals surface area contributed by atoms with Crippen molar-refractivity contribution in [3.05, 3.63) is 41.6 Å². The first-order valence-electron chi connectivity index (χ1n) is 7.17. The number of hydrogen-bond donors (Lipinski definition) is 2. The zero-order valence-corrected chi connectivity index (χ0v) is 12.4. The predicted molar refractivity (Wildman–Crippen MR) is 81.7 cm³/mol. The van der Waals surface area contributed by atoms with Gasteiger partial charge in [-0.05, 0) is 24.5 Å². The van der Waals surface area contributed by atoms with E-state index in [0.717, 1.165) is 30.6 Å². The lowest BCUT2D eigenvalue weighted by Gasteiger charge is -2.10. The molecule has 2 N–H and O–H groups in total. The van der Waals surface area contributed by atoms with Gasteiger partial charge in [-0.25, -0.2) is 9.37 Å². The molecule has 0 aliphatic rings. The van der Waals surface area contributed by atoms with Crippen LogP contribution in [0.15, 0.2) is 24.5 Å². The quantitative estimate of drug-likeness (QED) is 0.820.